The number of rotatable bonds is 1. The molecule has 0 amide bonds. The molecule has 3 rings (SSSR count). The van der Waals surface area contributed by atoms with E-state index in [1.165, 1.54) is 70.4 Å². The molecule has 1 N–H and O–H groups in total. The molecule has 100 valence electrons. The molecule has 0 saturated carbocycles. The van der Waals surface area contributed by atoms with E-state index >= 15 is 0 Å². The number of piperidine rings is 2. The summed E-state index contributed by atoms with van der Waals surface area (Å²) in [6.45, 7) is 4.98. The van der Waals surface area contributed by atoms with Gasteiger partial charge in [-0.3, -0.25) is 0 Å². The molecular weight excluding hydrogens is 220 g/mol. The van der Waals surface area contributed by atoms with Crippen molar-refractivity contribution in [2.75, 3.05) is 31.1 Å². The van der Waals surface area contributed by atoms with Gasteiger partial charge in [0.2, 0.25) is 0 Å². The van der Waals surface area contributed by atoms with E-state index < -0.39 is 0 Å². The summed E-state index contributed by atoms with van der Waals surface area (Å²) in [6, 6.07) is 10.7. The number of anilines is 1. The van der Waals surface area contributed by atoms with Crippen molar-refractivity contribution >= 4 is 5.69 Å². The molecule has 0 spiro atoms. The van der Waals surface area contributed by atoms with E-state index in [0.29, 0.717) is 0 Å². The van der Waals surface area contributed by atoms with Gasteiger partial charge in [-0.05, 0) is 57.3 Å². The molecular formula is C16H26N2. The molecule has 0 bridgehead atoms. The smallest absolute Gasteiger partial charge is 0.0366 e. The Morgan fingerprint density at radius 3 is 1.83 bits per heavy atom. The molecule has 2 heteroatoms. The summed E-state index contributed by atoms with van der Waals surface area (Å²) in [7, 11) is 0. The fraction of sp³-hybridized carbons (Fsp3) is 0.625. The maximum atomic E-state index is 3.28. The van der Waals surface area contributed by atoms with Crippen LogP contribution in [0.25, 0.3) is 0 Å². The van der Waals surface area contributed by atoms with E-state index in [0.717, 1.165) is 0 Å². The highest BCUT2D eigenvalue weighted by Gasteiger charge is 2.09. The molecule has 1 aromatic rings. The first-order chi connectivity index (χ1) is 8.97. The molecule has 2 aliphatic rings. The Balaban J connectivity index is 0.000000169. The Morgan fingerprint density at radius 1 is 0.722 bits per heavy atom. The van der Waals surface area contributed by atoms with Gasteiger partial charge in [-0.1, -0.05) is 24.6 Å². The van der Waals surface area contributed by atoms with Crippen molar-refractivity contribution in [3.8, 4) is 0 Å². The summed E-state index contributed by atoms with van der Waals surface area (Å²) in [5.41, 5.74) is 1.39. The molecule has 0 aliphatic carbocycles. The van der Waals surface area contributed by atoms with Crippen LogP contribution in [-0.4, -0.2) is 26.2 Å². The standard InChI is InChI=1S/C11H15N.C5H11N/c1-3-7-11(8-4-1)12-9-5-2-6-10-12;1-2-4-6-5-3-1/h1,3-4,7-8H,2,5-6,9-10H2;6H,1-5H2. The Labute approximate surface area is 111 Å². The number of nitrogens with one attached hydrogen (secondary N) is 1. The van der Waals surface area contributed by atoms with Crippen LogP contribution in [0, 0.1) is 0 Å². The highest BCUT2D eigenvalue weighted by atomic mass is 15.1. The lowest BCUT2D eigenvalue weighted by atomic mass is 10.1. The van der Waals surface area contributed by atoms with E-state index in [4.69, 9.17) is 0 Å². The molecule has 0 radical (unpaired) electrons. The minimum atomic E-state index is 1.24. The molecule has 2 nitrogen and oxygen atoms in total. The van der Waals surface area contributed by atoms with Crippen LogP contribution in [0.3, 0.4) is 0 Å². The van der Waals surface area contributed by atoms with Gasteiger partial charge >= 0.3 is 0 Å². The molecule has 2 aliphatic heterocycles. The highest BCUT2D eigenvalue weighted by molar-refractivity contribution is 5.46. The Bertz CT molecular complexity index is 289. The highest BCUT2D eigenvalue weighted by Crippen LogP contribution is 2.18. The lowest BCUT2D eigenvalue weighted by molar-refractivity contribution is 0.520. The topological polar surface area (TPSA) is 15.3 Å². The van der Waals surface area contributed by atoms with E-state index in [9.17, 15) is 0 Å². The third kappa shape index (κ3) is 4.69. The van der Waals surface area contributed by atoms with Crippen molar-refractivity contribution in [1.29, 1.82) is 0 Å². The van der Waals surface area contributed by atoms with Gasteiger partial charge in [0, 0.05) is 18.8 Å². The number of hydrogen-bond acceptors (Lipinski definition) is 2. The van der Waals surface area contributed by atoms with Crippen LogP contribution < -0.4 is 10.2 Å². The van der Waals surface area contributed by atoms with Crippen LogP contribution in [0.15, 0.2) is 30.3 Å². The normalized spacial score (nSPS) is 19.9. The van der Waals surface area contributed by atoms with Crippen LogP contribution in [-0.2, 0) is 0 Å². The molecule has 0 unspecified atom stereocenters. The minimum Gasteiger partial charge on any atom is -0.372 e. The summed E-state index contributed by atoms with van der Waals surface area (Å²) in [6.07, 6.45) is 8.33. The van der Waals surface area contributed by atoms with Crippen molar-refractivity contribution in [2.45, 2.75) is 38.5 Å². The van der Waals surface area contributed by atoms with Gasteiger partial charge in [-0.25, -0.2) is 0 Å². The van der Waals surface area contributed by atoms with Crippen LogP contribution >= 0.6 is 0 Å². The maximum absolute atomic E-state index is 3.28. The second kappa shape index (κ2) is 8.15. The van der Waals surface area contributed by atoms with Crippen molar-refractivity contribution < 1.29 is 0 Å². The predicted molar refractivity (Wildman–Crippen MR) is 79.2 cm³/mol. The van der Waals surface area contributed by atoms with Crippen LogP contribution in [0.2, 0.25) is 0 Å². The molecule has 1 aromatic carbocycles. The van der Waals surface area contributed by atoms with Gasteiger partial charge in [0.05, 0.1) is 0 Å². The van der Waals surface area contributed by atoms with Gasteiger partial charge in [0.15, 0.2) is 0 Å². The zero-order chi connectivity index (χ0) is 12.5. The number of benzene rings is 1. The quantitative estimate of drug-likeness (QED) is 0.816. The number of para-hydroxylation sites is 1. The van der Waals surface area contributed by atoms with E-state index in [-0.39, 0.29) is 0 Å². The maximum Gasteiger partial charge on any atom is 0.0366 e. The molecule has 2 saturated heterocycles. The Hall–Kier alpha value is -1.02. The van der Waals surface area contributed by atoms with E-state index in [2.05, 4.69) is 40.5 Å². The number of hydrogen-bond donors (Lipinski definition) is 1. The summed E-state index contributed by atoms with van der Waals surface area (Å²) >= 11 is 0. The first-order valence-corrected chi connectivity index (χ1v) is 7.47. The molecule has 0 atom stereocenters. The zero-order valence-electron chi connectivity index (χ0n) is 11.4. The zero-order valence-corrected chi connectivity index (χ0v) is 11.4. The summed E-state index contributed by atoms with van der Waals surface area (Å²) in [5, 5.41) is 3.28. The minimum absolute atomic E-state index is 1.24. The molecule has 2 heterocycles. The Morgan fingerprint density at radius 2 is 1.33 bits per heavy atom. The van der Waals surface area contributed by atoms with Crippen LogP contribution in [0.1, 0.15) is 38.5 Å². The van der Waals surface area contributed by atoms with E-state index in [1.807, 2.05) is 0 Å². The van der Waals surface area contributed by atoms with Crippen molar-refractivity contribution in [3.05, 3.63) is 30.3 Å². The first-order valence-electron chi connectivity index (χ1n) is 7.47. The molecule has 0 aromatic heterocycles. The average molecular weight is 246 g/mol. The van der Waals surface area contributed by atoms with Crippen LogP contribution in [0.5, 0.6) is 0 Å². The second-order valence-corrected chi connectivity index (χ2v) is 5.19. The largest absolute Gasteiger partial charge is 0.372 e. The number of nitrogens with zero attached hydrogens (tertiary/aromatic N) is 1. The third-order valence-corrected chi connectivity index (χ3v) is 3.68. The van der Waals surface area contributed by atoms with Crippen molar-refractivity contribution in [1.82, 2.24) is 5.32 Å². The first kappa shape index (κ1) is 13.4. The lowest BCUT2D eigenvalue weighted by Gasteiger charge is -2.28. The van der Waals surface area contributed by atoms with Gasteiger partial charge in [0.25, 0.3) is 0 Å². The van der Waals surface area contributed by atoms with Crippen molar-refractivity contribution in [2.24, 2.45) is 0 Å². The van der Waals surface area contributed by atoms with Gasteiger partial charge in [0.1, 0.15) is 0 Å². The molecule has 2 fully saturated rings. The van der Waals surface area contributed by atoms with Crippen LogP contribution in [0.4, 0.5) is 5.69 Å². The Kier molecular flexibility index (Phi) is 6.07. The second-order valence-electron chi connectivity index (χ2n) is 5.19. The van der Waals surface area contributed by atoms with Crippen molar-refractivity contribution in [3.63, 3.8) is 0 Å². The summed E-state index contributed by atoms with van der Waals surface area (Å²) < 4.78 is 0. The fourth-order valence-electron chi connectivity index (χ4n) is 2.59. The summed E-state index contributed by atoms with van der Waals surface area (Å²) in [5.74, 6) is 0. The predicted octanol–water partition coefficient (Wildman–Crippen LogP) is 3.44. The lowest BCUT2D eigenvalue weighted by Crippen LogP contribution is -2.29. The van der Waals surface area contributed by atoms with Gasteiger partial charge in [-0.2, -0.15) is 0 Å². The monoisotopic (exact) mass is 246 g/mol. The third-order valence-electron chi connectivity index (χ3n) is 3.68. The fourth-order valence-corrected chi connectivity index (χ4v) is 2.59. The van der Waals surface area contributed by atoms with Gasteiger partial charge in [-0.15, -0.1) is 0 Å². The molecule has 18 heavy (non-hydrogen) atoms. The SMILES string of the molecule is C1CCNCC1.c1ccc(N2CCCCC2)cc1. The van der Waals surface area contributed by atoms with E-state index in [1.54, 1.807) is 0 Å². The van der Waals surface area contributed by atoms with Gasteiger partial charge < -0.3 is 10.2 Å². The summed E-state index contributed by atoms with van der Waals surface area (Å²) in [4.78, 5) is 2.48. The average Bonchev–Trinajstić information content (AvgIpc) is 2.51.